The fourth-order valence-corrected chi connectivity index (χ4v) is 3.44. The van der Waals surface area contributed by atoms with Gasteiger partial charge in [-0.1, -0.05) is 6.07 Å². The quantitative estimate of drug-likeness (QED) is 0.606. The summed E-state index contributed by atoms with van der Waals surface area (Å²) in [5.41, 5.74) is 0.845. The minimum absolute atomic E-state index is 0.0711. The van der Waals surface area contributed by atoms with Crippen LogP contribution in [0.2, 0.25) is 0 Å². The lowest BCUT2D eigenvalue weighted by molar-refractivity contribution is 0.303. The SMILES string of the molecule is CS(=O)(=O)OCc1nc2cccc(OCc3ccc(F)cc3F)c2s1. The largest absolute Gasteiger partial charge is 0.487 e. The van der Waals surface area contributed by atoms with Gasteiger partial charge in [0, 0.05) is 11.6 Å². The molecule has 0 N–H and O–H groups in total. The van der Waals surface area contributed by atoms with Crippen LogP contribution in [-0.4, -0.2) is 19.7 Å². The molecule has 0 atom stereocenters. The molecule has 0 saturated heterocycles. The first-order chi connectivity index (χ1) is 11.8. The van der Waals surface area contributed by atoms with E-state index >= 15 is 0 Å². The van der Waals surface area contributed by atoms with E-state index in [0.29, 0.717) is 21.0 Å². The number of aromatic nitrogens is 1. The second-order valence-corrected chi connectivity index (χ2v) is 7.93. The van der Waals surface area contributed by atoms with Crippen molar-refractivity contribution in [1.82, 2.24) is 4.98 Å². The van der Waals surface area contributed by atoms with Crippen molar-refractivity contribution in [2.24, 2.45) is 0 Å². The van der Waals surface area contributed by atoms with Crippen LogP contribution in [0.15, 0.2) is 36.4 Å². The number of benzene rings is 2. The summed E-state index contributed by atoms with van der Waals surface area (Å²) in [5.74, 6) is -0.857. The van der Waals surface area contributed by atoms with Gasteiger partial charge >= 0.3 is 0 Å². The molecule has 2 aromatic carbocycles. The van der Waals surface area contributed by atoms with E-state index in [4.69, 9.17) is 8.92 Å². The second-order valence-electron chi connectivity index (χ2n) is 5.20. The lowest BCUT2D eigenvalue weighted by Gasteiger charge is -2.07. The van der Waals surface area contributed by atoms with Crippen LogP contribution in [0.25, 0.3) is 10.2 Å². The predicted molar refractivity (Wildman–Crippen MR) is 89.9 cm³/mol. The molecule has 1 heterocycles. The molecule has 5 nitrogen and oxygen atoms in total. The zero-order valence-corrected chi connectivity index (χ0v) is 14.7. The molecule has 3 aromatic rings. The number of rotatable bonds is 6. The van der Waals surface area contributed by atoms with Crippen molar-refractivity contribution in [2.75, 3.05) is 6.26 Å². The van der Waals surface area contributed by atoms with E-state index in [2.05, 4.69) is 4.98 Å². The van der Waals surface area contributed by atoms with Gasteiger partial charge in [-0.3, -0.25) is 4.18 Å². The average molecular weight is 385 g/mol. The van der Waals surface area contributed by atoms with E-state index in [-0.39, 0.29) is 18.8 Å². The van der Waals surface area contributed by atoms with Crippen molar-refractivity contribution in [3.8, 4) is 5.75 Å². The lowest BCUT2D eigenvalue weighted by Crippen LogP contribution is -2.02. The summed E-state index contributed by atoms with van der Waals surface area (Å²) < 4.78 is 59.8. The van der Waals surface area contributed by atoms with E-state index in [0.717, 1.165) is 18.4 Å². The van der Waals surface area contributed by atoms with Crippen LogP contribution in [0.1, 0.15) is 10.6 Å². The summed E-state index contributed by atoms with van der Waals surface area (Å²) in [5, 5.41) is 0.476. The Bertz CT molecular complexity index is 1020. The molecule has 1 aromatic heterocycles. The molecular weight excluding hydrogens is 372 g/mol. The van der Waals surface area contributed by atoms with Crippen molar-refractivity contribution in [2.45, 2.75) is 13.2 Å². The van der Waals surface area contributed by atoms with Crippen LogP contribution in [0.4, 0.5) is 8.78 Å². The van der Waals surface area contributed by atoms with Gasteiger partial charge in [0.2, 0.25) is 0 Å². The highest BCUT2D eigenvalue weighted by molar-refractivity contribution is 7.85. The van der Waals surface area contributed by atoms with E-state index in [1.165, 1.54) is 17.4 Å². The maximum absolute atomic E-state index is 13.7. The Morgan fingerprint density at radius 2 is 1.96 bits per heavy atom. The van der Waals surface area contributed by atoms with Gasteiger partial charge in [-0.2, -0.15) is 8.42 Å². The molecule has 0 saturated carbocycles. The molecule has 0 bridgehead atoms. The maximum atomic E-state index is 13.7. The molecule has 0 amide bonds. The first kappa shape index (κ1) is 17.7. The highest BCUT2D eigenvalue weighted by Gasteiger charge is 2.12. The summed E-state index contributed by atoms with van der Waals surface area (Å²) in [4.78, 5) is 4.29. The summed E-state index contributed by atoms with van der Waals surface area (Å²) in [7, 11) is -3.56. The first-order valence-electron chi connectivity index (χ1n) is 7.11. The number of ether oxygens (including phenoxy) is 1. The third kappa shape index (κ3) is 4.50. The number of hydrogen-bond acceptors (Lipinski definition) is 6. The van der Waals surface area contributed by atoms with Crippen LogP contribution in [0.3, 0.4) is 0 Å². The summed E-state index contributed by atoms with van der Waals surface area (Å²) in [6, 6.07) is 8.45. The molecule has 0 unspecified atom stereocenters. The van der Waals surface area contributed by atoms with Crippen molar-refractivity contribution >= 4 is 31.7 Å². The lowest BCUT2D eigenvalue weighted by atomic mass is 10.2. The molecule has 0 aliphatic rings. The summed E-state index contributed by atoms with van der Waals surface area (Å²) >= 11 is 1.23. The summed E-state index contributed by atoms with van der Waals surface area (Å²) in [6.45, 7) is -0.234. The van der Waals surface area contributed by atoms with Crippen molar-refractivity contribution in [3.05, 3.63) is 58.6 Å². The Labute approximate surface area is 147 Å². The maximum Gasteiger partial charge on any atom is 0.264 e. The number of halogens is 2. The van der Waals surface area contributed by atoms with Gasteiger partial charge in [0.15, 0.2) is 0 Å². The number of fused-ring (bicyclic) bond motifs is 1. The smallest absolute Gasteiger partial charge is 0.264 e. The number of thiazole rings is 1. The average Bonchev–Trinajstić information content (AvgIpc) is 2.95. The van der Waals surface area contributed by atoms with Crippen molar-refractivity contribution in [1.29, 1.82) is 0 Å². The minimum Gasteiger partial charge on any atom is -0.487 e. The topological polar surface area (TPSA) is 65.5 Å². The third-order valence-electron chi connectivity index (χ3n) is 3.22. The Morgan fingerprint density at radius 1 is 1.16 bits per heavy atom. The van der Waals surface area contributed by atoms with Gasteiger partial charge < -0.3 is 4.74 Å². The molecule has 0 fully saturated rings. The van der Waals surface area contributed by atoms with Crippen LogP contribution in [0.5, 0.6) is 5.75 Å². The van der Waals surface area contributed by atoms with Crippen molar-refractivity contribution in [3.63, 3.8) is 0 Å². The van der Waals surface area contributed by atoms with E-state index in [1.807, 2.05) is 0 Å². The van der Waals surface area contributed by atoms with Crippen LogP contribution in [-0.2, 0) is 27.5 Å². The molecule has 0 aliphatic heterocycles. The molecule has 25 heavy (non-hydrogen) atoms. The number of hydrogen-bond donors (Lipinski definition) is 0. The van der Waals surface area contributed by atoms with Crippen LogP contribution in [0, 0.1) is 11.6 Å². The predicted octanol–water partition coefficient (Wildman–Crippen LogP) is 3.63. The molecule has 0 aliphatic carbocycles. The molecular formula is C16H13F2NO4S2. The Hall–Kier alpha value is -2.10. The zero-order valence-electron chi connectivity index (χ0n) is 13.0. The van der Waals surface area contributed by atoms with E-state index in [1.54, 1.807) is 18.2 Å². The highest BCUT2D eigenvalue weighted by Crippen LogP contribution is 2.32. The molecule has 3 rings (SSSR count). The normalized spacial score (nSPS) is 11.8. The van der Waals surface area contributed by atoms with Crippen LogP contribution >= 0.6 is 11.3 Å². The number of nitrogens with zero attached hydrogens (tertiary/aromatic N) is 1. The molecule has 0 spiro atoms. The second kappa shape index (κ2) is 7.03. The molecule has 9 heteroatoms. The first-order valence-corrected chi connectivity index (χ1v) is 9.75. The third-order valence-corrected chi connectivity index (χ3v) is 4.82. The van der Waals surface area contributed by atoms with Gasteiger partial charge in [0.1, 0.15) is 35.6 Å². The van der Waals surface area contributed by atoms with Crippen molar-refractivity contribution < 1.29 is 26.1 Å². The standard InChI is InChI=1S/C16H13F2NO4S2/c1-25(20,21)23-9-15-19-13-3-2-4-14(16(13)24-15)22-8-10-5-6-11(17)7-12(10)18/h2-7H,8-9H2,1H3. The van der Waals surface area contributed by atoms with Gasteiger partial charge in [-0.05, 0) is 24.3 Å². The van der Waals surface area contributed by atoms with E-state index < -0.39 is 21.8 Å². The Morgan fingerprint density at radius 3 is 2.68 bits per heavy atom. The van der Waals surface area contributed by atoms with Crippen LogP contribution < -0.4 is 4.74 Å². The Balaban J connectivity index is 1.80. The van der Waals surface area contributed by atoms with Gasteiger partial charge in [0.25, 0.3) is 10.1 Å². The zero-order chi connectivity index (χ0) is 18.0. The highest BCUT2D eigenvalue weighted by atomic mass is 32.2. The Kier molecular flexibility index (Phi) is 4.98. The fourth-order valence-electron chi connectivity index (χ4n) is 2.10. The molecule has 0 radical (unpaired) electrons. The fraction of sp³-hybridized carbons (Fsp3) is 0.188. The molecule has 132 valence electrons. The van der Waals surface area contributed by atoms with Gasteiger partial charge in [-0.15, -0.1) is 11.3 Å². The van der Waals surface area contributed by atoms with E-state index in [9.17, 15) is 17.2 Å². The van der Waals surface area contributed by atoms with Gasteiger partial charge in [-0.25, -0.2) is 13.8 Å². The summed E-state index contributed by atoms with van der Waals surface area (Å²) in [6.07, 6.45) is 0.964. The van der Waals surface area contributed by atoms with Gasteiger partial charge in [0.05, 0.1) is 16.5 Å². The monoisotopic (exact) mass is 385 g/mol. The minimum atomic E-state index is -3.56.